The van der Waals surface area contributed by atoms with E-state index in [9.17, 15) is 4.79 Å². The van der Waals surface area contributed by atoms with Crippen molar-refractivity contribution in [1.29, 1.82) is 0 Å². The number of pyridine rings is 1. The molecule has 0 saturated carbocycles. The molecule has 1 heterocycles. The number of aromatic nitrogens is 1. The fourth-order valence-electron chi connectivity index (χ4n) is 1.74. The van der Waals surface area contributed by atoms with Crippen molar-refractivity contribution < 1.29 is 9.53 Å². The molecule has 1 amide bonds. The van der Waals surface area contributed by atoms with Crippen molar-refractivity contribution in [2.45, 2.75) is 52.7 Å². The van der Waals surface area contributed by atoms with Crippen LogP contribution < -0.4 is 15.8 Å². The largest absolute Gasteiger partial charge is 0.479 e. The molecule has 1 atom stereocenters. The predicted molar refractivity (Wildman–Crippen MR) is 79.7 cm³/mol. The topological polar surface area (TPSA) is 77.2 Å². The lowest BCUT2D eigenvalue weighted by atomic mass is 10.1. The highest BCUT2D eigenvalue weighted by Crippen LogP contribution is 2.19. The van der Waals surface area contributed by atoms with E-state index >= 15 is 0 Å². The van der Waals surface area contributed by atoms with Gasteiger partial charge in [0, 0.05) is 17.7 Å². The van der Waals surface area contributed by atoms with E-state index in [0.29, 0.717) is 18.7 Å². The summed E-state index contributed by atoms with van der Waals surface area (Å²) in [5.41, 5.74) is 7.01. The average molecular weight is 279 g/mol. The molecule has 0 aliphatic heterocycles. The van der Waals surface area contributed by atoms with Gasteiger partial charge in [0.25, 0.3) is 5.91 Å². The molecule has 0 aromatic carbocycles. The van der Waals surface area contributed by atoms with Gasteiger partial charge in [0.1, 0.15) is 5.75 Å². The molecule has 0 aliphatic carbocycles. The molecule has 20 heavy (non-hydrogen) atoms. The third kappa shape index (κ3) is 5.17. The lowest BCUT2D eigenvalue weighted by Crippen LogP contribution is -2.46. The summed E-state index contributed by atoms with van der Waals surface area (Å²) < 4.78 is 5.73. The van der Waals surface area contributed by atoms with Gasteiger partial charge in [-0.2, -0.15) is 0 Å². The van der Waals surface area contributed by atoms with Crippen molar-refractivity contribution in [3.8, 4) is 5.75 Å². The Morgan fingerprint density at radius 2 is 2.10 bits per heavy atom. The Morgan fingerprint density at radius 1 is 1.45 bits per heavy atom. The van der Waals surface area contributed by atoms with Crippen LogP contribution in [-0.4, -0.2) is 29.1 Å². The van der Waals surface area contributed by atoms with Crippen LogP contribution in [0.1, 0.15) is 39.1 Å². The first-order chi connectivity index (χ1) is 9.23. The van der Waals surface area contributed by atoms with E-state index in [0.717, 1.165) is 11.4 Å². The van der Waals surface area contributed by atoms with Gasteiger partial charge < -0.3 is 15.8 Å². The van der Waals surface area contributed by atoms with Crippen LogP contribution in [0, 0.1) is 6.92 Å². The molecule has 1 aromatic heterocycles. The van der Waals surface area contributed by atoms with Gasteiger partial charge >= 0.3 is 0 Å². The molecule has 0 aliphatic rings. The van der Waals surface area contributed by atoms with E-state index in [1.54, 1.807) is 6.92 Å². The number of nitrogens with one attached hydrogen (secondary N) is 1. The normalized spacial score (nSPS) is 12.9. The molecule has 3 N–H and O–H groups in total. The van der Waals surface area contributed by atoms with Gasteiger partial charge in [-0.1, -0.05) is 0 Å². The molecule has 5 heteroatoms. The molecule has 1 rings (SSSR count). The Hall–Kier alpha value is -1.62. The van der Waals surface area contributed by atoms with Gasteiger partial charge in [-0.25, -0.2) is 0 Å². The van der Waals surface area contributed by atoms with E-state index in [1.807, 2.05) is 39.8 Å². The lowest BCUT2D eigenvalue weighted by molar-refractivity contribution is -0.128. The second kappa shape index (κ2) is 6.70. The lowest BCUT2D eigenvalue weighted by Gasteiger charge is -2.24. The molecule has 5 nitrogen and oxygen atoms in total. The number of amides is 1. The summed E-state index contributed by atoms with van der Waals surface area (Å²) >= 11 is 0. The third-order valence-corrected chi connectivity index (χ3v) is 2.62. The van der Waals surface area contributed by atoms with E-state index in [2.05, 4.69) is 10.3 Å². The smallest absolute Gasteiger partial charge is 0.261 e. The number of aryl methyl sites for hydroxylation is 1. The monoisotopic (exact) mass is 279 g/mol. The first-order valence-electron chi connectivity index (χ1n) is 6.88. The minimum Gasteiger partial charge on any atom is -0.479 e. The zero-order valence-electron chi connectivity index (χ0n) is 13.0. The third-order valence-electron chi connectivity index (χ3n) is 2.62. The Labute approximate surface area is 120 Å². The Bertz CT molecular complexity index is 467. The standard InChI is InChI=1S/C15H25N3O2/c1-10-6-7-13(12(17-10)8-9-16)20-11(2)14(19)18-15(3,4)5/h6-7,11H,8-9,16H2,1-5H3,(H,18,19). The number of hydrogen-bond donors (Lipinski definition) is 2. The van der Waals surface area contributed by atoms with Crippen LogP contribution in [-0.2, 0) is 11.2 Å². The van der Waals surface area contributed by atoms with E-state index < -0.39 is 6.10 Å². The maximum absolute atomic E-state index is 12.0. The van der Waals surface area contributed by atoms with Crippen LogP contribution in [0.5, 0.6) is 5.75 Å². The van der Waals surface area contributed by atoms with Gasteiger partial charge in [0.05, 0.1) is 5.69 Å². The first kappa shape index (κ1) is 16.4. The van der Waals surface area contributed by atoms with Crippen LogP contribution in [0.2, 0.25) is 0 Å². The minimum atomic E-state index is -0.574. The number of rotatable bonds is 5. The number of carbonyl (C=O) groups is 1. The predicted octanol–water partition coefficient (Wildman–Crippen LogP) is 1.57. The minimum absolute atomic E-state index is 0.142. The van der Waals surface area contributed by atoms with Crippen LogP contribution in [0.25, 0.3) is 0 Å². The summed E-state index contributed by atoms with van der Waals surface area (Å²) in [4.78, 5) is 16.4. The summed E-state index contributed by atoms with van der Waals surface area (Å²) in [5, 5.41) is 2.89. The summed E-state index contributed by atoms with van der Waals surface area (Å²) in [7, 11) is 0. The van der Waals surface area contributed by atoms with Crippen LogP contribution >= 0.6 is 0 Å². The molecule has 0 radical (unpaired) electrons. The van der Waals surface area contributed by atoms with Gasteiger partial charge in [-0.3, -0.25) is 9.78 Å². The SMILES string of the molecule is Cc1ccc(OC(C)C(=O)NC(C)(C)C)c(CCN)n1. The Balaban J connectivity index is 2.79. The number of nitrogens with two attached hydrogens (primary N) is 1. The molecule has 1 aromatic rings. The number of nitrogens with zero attached hydrogens (tertiary/aromatic N) is 1. The number of hydrogen-bond acceptors (Lipinski definition) is 4. The quantitative estimate of drug-likeness (QED) is 0.857. The number of ether oxygens (including phenoxy) is 1. The van der Waals surface area contributed by atoms with Crippen LogP contribution in [0.4, 0.5) is 0 Å². The number of carbonyl (C=O) groups excluding carboxylic acids is 1. The van der Waals surface area contributed by atoms with Crippen molar-refractivity contribution >= 4 is 5.91 Å². The average Bonchev–Trinajstić information content (AvgIpc) is 2.30. The maximum Gasteiger partial charge on any atom is 0.261 e. The van der Waals surface area contributed by atoms with Crippen molar-refractivity contribution in [2.24, 2.45) is 5.73 Å². The maximum atomic E-state index is 12.0. The van der Waals surface area contributed by atoms with Gasteiger partial charge in [-0.15, -0.1) is 0 Å². The highest BCUT2D eigenvalue weighted by Gasteiger charge is 2.21. The molecule has 0 fully saturated rings. The molecular formula is C15H25N3O2. The molecule has 0 spiro atoms. The van der Waals surface area contributed by atoms with Crippen LogP contribution in [0.15, 0.2) is 12.1 Å². The second-order valence-electron chi connectivity index (χ2n) is 5.94. The zero-order chi connectivity index (χ0) is 15.3. The van der Waals surface area contributed by atoms with E-state index in [4.69, 9.17) is 10.5 Å². The Kier molecular flexibility index (Phi) is 5.51. The van der Waals surface area contributed by atoms with Crippen molar-refractivity contribution in [1.82, 2.24) is 10.3 Å². The van der Waals surface area contributed by atoms with E-state index in [1.165, 1.54) is 0 Å². The highest BCUT2D eigenvalue weighted by atomic mass is 16.5. The highest BCUT2D eigenvalue weighted by molar-refractivity contribution is 5.81. The fraction of sp³-hybridized carbons (Fsp3) is 0.600. The summed E-state index contributed by atoms with van der Waals surface area (Å²) in [6, 6.07) is 3.71. The first-order valence-corrected chi connectivity index (χ1v) is 6.88. The zero-order valence-corrected chi connectivity index (χ0v) is 13.0. The molecule has 0 bridgehead atoms. The summed E-state index contributed by atoms with van der Waals surface area (Å²) in [5.74, 6) is 0.481. The molecule has 1 unspecified atom stereocenters. The fourth-order valence-corrected chi connectivity index (χ4v) is 1.74. The van der Waals surface area contributed by atoms with Crippen molar-refractivity contribution in [3.05, 3.63) is 23.5 Å². The Morgan fingerprint density at radius 3 is 2.65 bits per heavy atom. The van der Waals surface area contributed by atoms with Crippen molar-refractivity contribution in [2.75, 3.05) is 6.54 Å². The van der Waals surface area contributed by atoms with E-state index in [-0.39, 0.29) is 11.4 Å². The van der Waals surface area contributed by atoms with Gasteiger partial charge in [0.2, 0.25) is 0 Å². The summed E-state index contributed by atoms with van der Waals surface area (Å²) in [6.45, 7) is 9.95. The second-order valence-corrected chi connectivity index (χ2v) is 5.94. The van der Waals surface area contributed by atoms with Gasteiger partial charge in [0.15, 0.2) is 6.10 Å². The molecular weight excluding hydrogens is 254 g/mol. The van der Waals surface area contributed by atoms with Crippen LogP contribution in [0.3, 0.4) is 0 Å². The summed E-state index contributed by atoms with van der Waals surface area (Å²) in [6.07, 6.45) is 0.0557. The molecule has 0 saturated heterocycles. The van der Waals surface area contributed by atoms with Gasteiger partial charge in [-0.05, 0) is 53.3 Å². The molecule has 112 valence electrons. The van der Waals surface area contributed by atoms with Crippen molar-refractivity contribution in [3.63, 3.8) is 0 Å².